The number of nitrogens with zero attached hydrogens (tertiary/aromatic N) is 3. The predicted molar refractivity (Wildman–Crippen MR) is 136 cm³/mol. The molecule has 0 atom stereocenters. The van der Waals surface area contributed by atoms with Crippen LogP contribution in [0.25, 0.3) is 17.1 Å². The topological polar surface area (TPSA) is 59.8 Å². The Hall–Kier alpha value is -3.45. The molecule has 5 nitrogen and oxygen atoms in total. The highest BCUT2D eigenvalue weighted by atomic mass is 32.2. The number of anilines is 1. The van der Waals surface area contributed by atoms with E-state index in [0.717, 1.165) is 16.8 Å². The van der Waals surface area contributed by atoms with Gasteiger partial charge in [-0.3, -0.25) is 9.36 Å². The number of rotatable bonds is 6. The molecule has 3 aromatic carbocycles. The van der Waals surface area contributed by atoms with Gasteiger partial charge in [0.1, 0.15) is 5.82 Å². The normalized spacial score (nSPS) is 11.4. The van der Waals surface area contributed by atoms with Crippen LogP contribution in [0.2, 0.25) is 0 Å². The third-order valence-corrected chi connectivity index (χ3v) is 6.37. The van der Waals surface area contributed by atoms with Crippen molar-refractivity contribution in [1.82, 2.24) is 14.8 Å². The smallest absolute Gasteiger partial charge is 0.234 e. The lowest BCUT2D eigenvalue weighted by Crippen LogP contribution is -2.14. The highest BCUT2D eigenvalue weighted by Crippen LogP contribution is 2.31. The molecule has 7 heteroatoms. The number of para-hydroxylation sites is 1. The van der Waals surface area contributed by atoms with Crippen LogP contribution in [0.15, 0.2) is 78.0 Å². The maximum atomic E-state index is 13.4. The molecule has 34 heavy (non-hydrogen) atoms. The summed E-state index contributed by atoms with van der Waals surface area (Å²) in [7, 11) is 0. The van der Waals surface area contributed by atoms with E-state index in [0.29, 0.717) is 16.7 Å². The summed E-state index contributed by atoms with van der Waals surface area (Å²) in [6.45, 7) is 8.58. The van der Waals surface area contributed by atoms with Gasteiger partial charge in [0, 0.05) is 11.3 Å². The summed E-state index contributed by atoms with van der Waals surface area (Å²) < 4.78 is 15.4. The molecule has 1 amide bonds. The summed E-state index contributed by atoms with van der Waals surface area (Å²) in [5.74, 6) is 0.185. The van der Waals surface area contributed by atoms with Crippen LogP contribution in [0, 0.1) is 12.7 Å². The molecule has 0 saturated heterocycles. The Kier molecular flexibility index (Phi) is 6.84. The van der Waals surface area contributed by atoms with Gasteiger partial charge >= 0.3 is 0 Å². The minimum absolute atomic E-state index is 0.0538. The molecular formula is C27H27FN4OS. The minimum Gasteiger partial charge on any atom is -0.325 e. The summed E-state index contributed by atoms with van der Waals surface area (Å²) in [4.78, 5) is 12.5. The maximum Gasteiger partial charge on any atom is 0.234 e. The van der Waals surface area contributed by atoms with E-state index in [1.165, 1.54) is 29.5 Å². The van der Waals surface area contributed by atoms with Gasteiger partial charge in [-0.15, -0.1) is 10.2 Å². The quantitative estimate of drug-likeness (QED) is 0.328. The molecule has 0 unspecified atom stereocenters. The van der Waals surface area contributed by atoms with Crippen molar-refractivity contribution in [3.05, 3.63) is 89.7 Å². The Bertz CT molecular complexity index is 1310. The van der Waals surface area contributed by atoms with Gasteiger partial charge in [-0.05, 0) is 47.7 Å². The summed E-state index contributed by atoms with van der Waals surface area (Å²) in [6, 6.07) is 22.2. The van der Waals surface area contributed by atoms with Crippen LogP contribution in [-0.4, -0.2) is 26.4 Å². The average Bonchev–Trinajstić information content (AvgIpc) is 3.21. The van der Waals surface area contributed by atoms with Crippen molar-refractivity contribution in [2.24, 2.45) is 0 Å². The second kappa shape index (κ2) is 9.81. The van der Waals surface area contributed by atoms with Crippen LogP contribution in [0.4, 0.5) is 10.1 Å². The van der Waals surface area contributed by atoms with E-state index in [1.54, 1.807) is 12.1 Å². The Morgan fingerprint density at radius 3 is 2.41 bits per heavy atom. The molecule has 0 fully saturated rings. The van der Waals surface area contributed by atoms with E-state index in [4.69, 9.17) is 0 Å². The number of hydrogen-bond acceptors (Lipinski definition) is 4. The summed E-state index contributed by atoms with van der Waals surface area (Å²) >= 11 is 1.29. The SMILES string of the molecule is Cc1ccccc1-n1c(SCC(=O)Nc2cccc(F)c2)nnc1-c1ccc(C(C)(C)C)cc1. The van der Waals surface area contributed by atoms with E-state index in [1.807, 2.05) is 35.8 Å². The predicted octanol–water partition coefficient (Wildman–Crippen LogP) is 6.41. The van der Waals surface area contributed by atoms with Crippen LogP contribution >= 0.6 is 11.8 Å². The van der Waals surface area contributed by atoms with Crippen LogP contribution < -0.4 is 5.32 Å². The first-order valence-electron chi connectivity index (χ1n) is 11.0. The number of carbonyl (C=O) groups excluding carboxylic acids is 1. The molecule has 0 aliphatic rings. The molecule has 4 aromatic rings. The monoisotopic (exact) mass is 474 g/mol. The molecule has 1 heterocycles. The van der Waals surface area contributed by atoms with Crippen molar-refractivity contribution in [3.8, 4) is 17.1 Å². The summed E-state index contributed by atoms with van der Waals surface area (Å²) in [6.07, 6.45) is 0. The van der Waals surface area contributed by atoms with Crippen molar-refractivity contribution >= 4 is 23.4 Å². The van der Waals surface area contributed by atoms with E-state index >= 15 is 0 Å². The van der Waals surface area contributed by atoms with E-state index in [2.05, 4.69) is 60.6 Å². The molecule has 0 aliphatic heterocycles. The Labute approximate surface area is 203 Å². The number of amides is 1. The van der Waals surface area contributed by atoms with Crippen LogP contribution in [0.3, 0.4) is 0 Å². The molecular weight excluding hydrogens is 447 g/mol. The third-order valence-electron chi connectivity index (χ3n) is 5.44. The number of hydrogen-bond donors (Lipinski definition) is 1. The van der Waals surface area contributed by atoms with Crippen molar-refractivity contribution in [1.29, 1.82) is 0 Å². The van der Waals surface area contributed by atoms with Crippen molar-refractivity contribution in [2.75, 3.05) is 11.1 Å². The Balaban J connectivity index is 1.63. The van der Waals surface area contributed by atoms with Gasteiger partial charge < -0.3 is 5.32 Å². The molecule has 0 aliphatic carbocycles. The Morgan fingerprint density at radius 2 is 1.74 bits per heavy atom. The molecule has 174 valence electrons. The minimum atomic E-state index is -0.396. The zero-order valence-corrected chi connectivity index (χ0v) is 20.5. The highest BCUT2D eigenvalue weighted by Gasteiger charge is 2.20. The first-order valence-corrected chi connectivity index (χ1v) is 12.0. The molecule has 4 rings (SSSR count). The first-order chi connectivity index (χ1) is 16.2. The number of halogens is 1. The number of nitrogens with one attached hydrogen (secondary N) is 1. The second-order valence-corrected chi connectivity index (χ2v) is 10.0. The van der Waals surface area contributed by atoms with Gasteiger partial charge in [0.05, 0.1) is 11.4 Å². The average molecular weight is 475 g/mol. The lowest BCUT2D eigenvalue weighted by Gasteiger charge is -2.19. The fourth-order valence-electron chi connectivity index (χ4n) is 3.59. The van der Waals surface area contributed by atoms with Gasteiger partial charge in [-0.1, -0.05) is 81.1 Å². The number of thioether (sulfide) groups is 1. The van der Waals surface area contributed by atoms with E-state index in [-0.39, 0.29) is 17.1 Å². The fraction of sp³-hybridized carbons (Fsp3) is 0.222. The third kappa shape index (κ3) is 5.37. The number of benzene rings is 3. The molecule has 0 bridgehead atoms. The first kappa shape index (κ1) is 23.7. The van der Waals surface area contributed by atoms with Gasteiger partial charge in [0.2, 0.25) is 5.91 Å². The van der Waals surface area contributed by atoms with Gasteiger partial charge in [0.15, 0.2) is 11.0 Å². The van der Waals surface area contributed by atoms with Crippen LogP contribution in [0.5, 0.6) is 0 Å². The number of carbonyl (C=O) groups is 1. The van der Waals surface area contributed by atoms with Gasteiger partial charge in [-0.25, -0.2) is 4.39 Å². The number of aromatic nitrogens is 3. The highest BCUT2D eigenvalue weighted by molar-refractivity contribution is 7.99. The molecule has 0 spiro atoms. The fourth-order valence-corrected chi connectivity index (χ4v) is 4.34. The van der Waals surface area contributed by atoms with Gasteiger partial charge in [0.25, 0.3) is 0 Å². The van der Waals surface area contributed by atoms with Crippen molar-refractivity contribution < 1.29 is 9.18 Å². The van der Waals surface area contributed by atoms with E-state index in [9.17, 15) is 9.18 Å². The van der Waals surface area contributed by atoms with Crippen LogP contribution in [-0.2, 0) is 10.2 Å². The molecule has 1 N–H and O–H groups in total. The van der Waals surface area contributed by atoms with E-state index < -0.39 is 5.82 Å². The van der Waals surface area contributed by atoms with Gasteiger partial charge in [-0.2, -0.15) is 0 Å². The Morgan fingerprint density at radius 1 is 1.00 bits per heavy atom. The molecule has 0 saturated carbocycles. The molecule has 0 radical (unpaired) electrons. The largest absolute Gasteiger partial charge is 0.325 e. The zero-order valence-electron chi connectivity index (χ0n) is 19.7. The maximum absolute atomic E-state index is 13.4. The summed E-state index contributed by atoms with van der Waals surface area (Å²) in [5.41, 5.74) is 4.68. The molecule has 1 aromatic heterocycles. The lowest BCUT2D eigenvalue weighted by atomic mass is 9.87. The van der Waals surface area contributed by atoms with Crippen molar-refractivity contribution in [2.45, 2.75) is 38.3 Å². The summed E-state index contributed by atoms with van der Waals surface area (Å²) in [5, 5.41) is 12.2. The number of aryl methyl sites for hydroxylation is 1. The van der Waals surface area contributed by atoms with Crippen LogP contribution in [0.1, 0.15) is 31.9 Å². The second-order valence-electron chi connectivity index (χ2n) is 9.10. The standard InChI is InChI=1S/C27H27FN4OS/c1-18-8-5-6-11-23(18)32-25(19-12-14-20(15-13-19)27(2,3)4)30-31-26(32)34-17-24(33)29-22-10-7-9-21(28)16-22/h5-16H,17H2,1-4H3,(H,29,33). The zero-order chi connectivity index (χ0) is 24.3. The lowest BCUT2D eigenvalue weighted by molar-refractivity contribution is -0.113. The van der Waals surface area contributed by atoms with Crippen molar-refractivity contribution in [3.63, 3.8) is 0 Å².